The smallest absolute Gasteiger partial charge is 0.171 e. The van der Waals surface area contributed by atoms with Gasteiger partial charge in [-0.3, -0.25) is 0 Å². The molecule has 1 saturated heterocycles. The Bertz CT molecular complexity index is 373. The second kappa shape index (κ2) is 6.98. The molecule has 2 heterocycles. The van der Waals surface area contributed by atoms with Crippen LogP contribution in [0.4, 0.5) is 5.82 Å². The van der Waals surface area contributed by atoms with Gasteiger partial charge in [-0.25, -0.2) is 4.98 Å². The second-order valence-electron chi connectivity index (χ2n) is 4.61. The quantitative estimate of drug-likeness (QED) is 0.794. The molecule has 0 saturated carbocycles. The van der Waals surface area contributed by atoms with Crippen LogP contribution >= 0.6 is 15.9 Å². The summed E-state index contributed by atoms with van der Waals surface area (Å²) in [5, 5.41) is 0.995. The van der Waals surface area contributed by atoms with E-state index in [0.29, 0.717) is 12.6 Å². The molecule has 18 heavy (non-hydrogen) atoms. The van der Waals surface area contributed by atoms with Crippen molar-refractivity contribution in [2.45, 2.75) is 38.6 Å². The molecule has 1 aliphatic rings. The van der Waals surface area contributed by atoms with Gasteiger partial charge in [0.1, 0.15) is 0 Å². The van der Waals surface area contributed by atoms with E-state index in [1.54, 1.807) is 0 Å². The molecule has 0 amide bonds. The lowest BCUT2D eigenvalue weighted by Gasteiger charge is -2.30. The Morgan fingerprint density at radius 3 is 3.11 bits per heavy atom. The molecule has 1 fully saturated rings. The number of ether oxygens (including phenoxy) is 1. The summed E-state index contributed by atoms with van der Waals surface area (Å²) in [6, 6.07) is 4.49. The van der Waals surface area contributed by atoms with E-state index in [1.165, 1.54) is 25.7 Å². The van der Waals surface area contributed by atoms with Crippen LogP contribution in [0.3, 0.4) is 0 Å². The van der Waals surface area contributed by atoms with E-state index < -0.39 is 0 Å². The highest BCUT2D eigenvalue weighted by molar-refractivity contribution is 9.09. The molecule has 1 aromatic heterocycles. The Balaban J connectivity index is 2.26. The van der Waals surface area contributed by atoms with Crippen LogP contribution in [0.2, 0.25) is 0 Å². The standard InChI is InChI=1S/C14H21BrN2O/c1-2-18-13-8-6-9-16-14(13)17-10-5-3-4-7-12(17)11-15/h6,8-9,12H,2-5,7,10-11H2,1H3. The molecule has 1 unspecified atom stereocenters. The Hall–Kier alpha value is -0.770. The first kappa shape index (κ1) is 13.7. The van der Waals surface area contributed by atoms with E-state index in [1.807, 2.05) is 25.3 Å². The topological polar surface area (TPSA) is 25.4 Å². The fraction of sp³-hybridized carbons (Fsp3) is 0.643. The minimum atomic E-state index is 0.529. The number of pyridine rings is 1. The number of nitrogens with zero attached hydrogens (tertiary/aromatic N) is 2. The largest absolute Gasteiger partial charge is 0.490 e. The number of rotatable bonds is 4. The van der Waals surface area contributed by atoms with Crippen LogP contribution in [0.5, 0.6) is 5.75 Å². The molecule has 1 atom stereocenters. The molecule has 0 aromatic carbocycles. The van der Waals surface area contributed by atoms with E-state index in [0.717, 1.165) is 23.4 Å². The van der Waals surface area contributed by atoms with Gasteiger partial charge in [0.05, 0.1) is 6.61 Å². The zero-order chi connectivity index (χ0) is 12.8. The van der Waals surface area contributed by atoms with Crippen LogP contribution < -0.4 is 9.64 Å². The van der Waals surface area contributed by atoms with Crippen LogP contribution in [0.15, 0.2) is 18.3 Å². The molecule has 100 valence electrons. The average molecular weight is 313 g/mol. The highest BCUT2D eigenvalue weighted by Crippen LogP contribution is 2.30. The summed E-state index contributed by atoms with van der Waals surface area (Å²) in [5.74, 6) is 1.92. The Kier molecular flexibility index (Phi) is 5.29. The maximum Gasteiger partial charge on any atom is 0.171 e. The third kappa shape index (κ3) is 3.16. The van der Waals surface area contributed by atoms with Crippen molar-refractivity contribution >= 4 is 21.7 Å². The van der Waals surface area contributed by atoms with E-state index in [9.17, 15) is 0 Å². The molecule has 1 aromatic rings. The van der Waals surface area contributed by atoms with Crippen molar-refractivity contribution in [1.82, 2.24) is 4.98 Å². The van der Waals surface area contributed by atoms with E-state index in [-0.39, 0.29) is 0 Å². The van der Waals surface area contributed by atoms with Crippen LogP contribution in [0, 0.1) is 0 Å². The number of alkyl halides is 1. The van der Waals surface area contributed by atoms with Gasteiger partial charge < -0.3 is 9.64 Å². The zero-order valence-corrected chi connectivity index (χ0v) is 12.5. The minimum absolute atomic E-state index is 0.529. The van der Waals surface area contributed by atoms with Crippen molar-refractivity contribution in [3.63, 3.8) is 0 Å². The first-order chi connectivity index (χ1) is 8.86. The minimum Gasteiger partial charge on any atom is -0.490 e. The maximum atomic E-state index is 5.70. The SMILES string of the molecule is CCOc1cccnc1N1CCCCCC1CBr. The van der Waals surface area contributed by atoms with Gasteiger partial charge in [-0.15, -0.1) is 0 Å². The fourth-order valence-electron chi connectivity index (χ4n) is 2.48. The van der Waals surface area contributed by atoms with Crippen LogP contribution in [-0.4, -0.2) is 29.5 Å². The molecule has 2 rings (SSSR count). The fourth-order valence-corrected chi connectivity index (χ4v) is 3.16. The molecule has 0 bridgehead atoms. The van der Waals surface area contributed by atoms with Gasteiger partial charge in [0.15, 0.2) is 11.6 Å². The van der Waals surface area contributed by atoms with Gasteiger partial charge in [0, 0.05) is 24.1 Å². The van der Waals surface area contributed by atoms with Gasteiger partial charge in [-0.05, 0) is 31.9 Å². The molecular formula is C14H21BrN2O. The first-order valence-electron chi connectivity index (χ1n) is 6.77. The maximum absolute atomic E-state index is 5.70. The molecule has 0 spiro atoms. The highest BCUT2D eigenvalue weighted by atomic mass is 79.9. The second-order valence-corrected chi connectivity index (χ2v) is 5.26. The average Bonchev–Trinajstić information content (AvgIpc) is 2.65. The Labute approximate surface area is 118 Å². The van der Waals surface area contributed by atoms with Crippen molar-refractivity contribution in [3.05, 3.63) is 18.3 Å². The Morgan fingerprint density at radius 1 is 1.44 bits per heavy atom. The van der Waals surface area contributed by atoms with Crippen LogP contribution in [0.25, 0.3) is 0 Å². The summed E-state index contributed by atoms with van der Waals surface area (Å²) < 4.78 is 5.70. The summed E-state index contributed by atoms with van der Waals surface area (Å²) in [6.45, 7) is 3.78. The van der Waals surface area contributed by atoms with Crippen molar-refractivity contribution in [1.29, 1.82) is 0 Å². The number of halogens is 1. The third-order valence-electron chi connectivity index (χ3n) is 3.38. The summed E-state index contributed by atoms with van der Waals surface area (Å²) in [6.07, 6.45) is 6.95. The van der Waals surface area contributed by atoms with E-state index in [4.69, 9.17) is 4.74 Å². The van der Waals surface area contributed by atoms with Gasteiger partial charge in [0.25, 0.3) is 0 Å². The molecule has 0 N–H and O–H groups in total. The lowest BCUT2D eigenvalue weighted by atomic mass is 10.1. The van der Waals surface area contributed by atoms with Crippen molar-refractivity contribution in [3.8, 4) is 5.75 Å². The predicted octanol–water partition coefficient (Wildman–Crippen LogP) is 3.62. The molecule has 0 aliphatic carbocycles. The number of anilines is 1. The molecule has 4 heteroatoms. The number of aromatic nitrogens is 1. The lowest BCUT2D eigenvalue weighted by Crippen LogP contribution is -2.37. The van der Waals surface area contributed by atoms with Crippen LogP contribution in [0.1, 0.15) is 32.6 Å². The predicted molar refractivity (Wildman–Crippen MR) is 78.8 cm³/mol. The van der Waals surface area contributed by atoms with Gasteiger partial charge in [-0.2, -0.15) is 0 Å². The van der Waals surface area contributed by atoms with Crippen molar-refractivity contribution < 1.29 is 4.74 Å². The summed E-state index contributed by atoms with van der Waals surface area (Å²) in [7, 11) is 0. The highest BCUT2D eigenvalue weighted by Gasteiger charge is 2.23. The molecule has 1 aliphatic heterocycles. The van der Waals surface area contributed by atoms with E-state index in [2.05, 4.69) is 25.8 Å². The number of hydrogen-bond donors (Lipinski definition) is 0. The molecule has 0 radical (unpaired) electrons. The Morgan fingerprint density at radius 2 is 2.33 bits per heavy atom. The normalized spacial score (nSPS) is 20.6. The lowest BCUT2D eigenvalue weighted by molar-refractivity contribution is 0.338. The summed E-state index contributed by atoms with van der Waals surface area (Å²) >= 11 is 3.64. The third-order valence-corrected chi connectivity index (χ3v) is 4.13. The van der Waals surface area contributed by atoms with Crippen molar-refractivity contribution in [2.75, 3.05) is 23.4 Å². The molecular weight excluding hydrogens is 292 g/mol. The van der Waals surface area contributed by atoms with Gasteiger partial charge >= 0.3 is 0 Å². The summed E-state index contributed by atoms with van der Waals surface area (Å²) in [5.41, 5.74) is 0. The van der Waals surface area contributed by atoms with Crippen LogP contribution in [-0.2, 0) is 0 Å². The van der Waals surface area contributed by atoms with Gasteiger partial charge in [-0.1, -0.05) is 28.8 Å². The summed E-state index contributed by atoms with van der Waals surface area (Å²) in [4.78, 5) is 6.95. The first-order valence-corrected chi connectivity index (χ1v) is 7.89. The van der Waals surface area contributed by atoms with Crippen molar-refractivity contribution in [2.24, 2.45) is 0 Å². The number of hydrogen-bond acceptors (Lipinski definition) is 3. The monoisotopic (exact) mass is 312 g/mol. The molecule has 3 nitrogen and oxygen atoms in total. The zero-order valence-electron chi connectivity index (χ0n) is 10.9. The van der Waals surface area contributed by atoms with Gasteiger partial charge in [0.2, 0.25) is 0 Å². The van der Waals surface area contributed by atoms with E-state index >= 15 is 0 Å².